The van der Waals surface area contributed by atoms with Crippen LogP contribution in [0, 0.1) is 0 Å². The van der Waals surface area contributed by atoms with E-state index in [2.05, 4.69) is 10.2 Å². The highest BCUT2D eigenvalue weighted by Gasteiger charge is 2.04. The van der Waals surface area contributed by atoms with Crippen molar-refractivity contribution in [1.82, 2.24) is 5.01 Å². The second-order valence-electron chi connectivity index (χ2n) is 4.53. The van der Waals surface area contributed by atoms with Crippen LogP contribution in [0.15, 0.2) is 54.6 Å². The Hall–Kier alpha value is -2.53. The minimum atomic E-state index is -0.717. The van der Waals surface area contributed by atoms with E-state index in [-0.39, 0.29) is 0 Å². The van der Waals surface area contributed by atoms with Crippen LogP contribution in [0.5, 0.6) is 5.75 Å². The summed E-state index contributed by atoms with van der Waals surface area (Å²) >= 11 is 0. The molecule has 0 amide bonds. The maximum atomic E-state index is 11.0. The van der Waals surface area contributed by atoms with Crippen LogP contribution in [0.25, 0.3) is 0 Å². The van der Waals surface area contributed by atoms with Crippen LogP contribution in [0.2, 0.25) is 0 Å². The molecule has 2 aromatic carbocycles. The summed E-state index contributed by atoms with van der Waals surface area (Å²) in [6.07, 6.45) is -0.717. The average molecular weight is 286 g/mol. The predicted octanol–water partition coefficient (Wildman–Crippen LogP) is 3.29. The molecule has 0 aromatic heterocycles. The Bertz CT molecular complexity index is 570. The van der Waals surface area contributed by atoms with Crippen molar-refractivity contribution < 1.29 is 14.3 Å². The Morgan fingerprint density at radius 2 is 1.76 bits per heavy atom. The van der Waals surface area contributed by atoms with Crippen LogP contribution in [0.3, 0.4) is 0 Å². The standard InChI is InChI=1S/C16H18N2O3/c1-18(17-14-6-4-3-5-7-14)12-13-8-10-15(11-9-13)21-16(19)20-2/h3-11,17H,12H2,1-2H3. The summed E-state index contributed by atoms with van der Waals surface area (Å²) in [6, 6.07) is 17.2. The quantitative estimate of drug-likeness (QED) is 0.519. The molecule has 2 aromatic rings. The van der Waals surface area contributed by atoms with Gasteiger partial charge < -0.3 is 14.9 Å². The van der Waals surface area contributed by atoms with Gasteiger partial charge in [0.2, 0.25) is 0 Å². The molecule has 110 valence electrons. The normalized spacial score (nSPS) is 10.2. The Morgan fingerprint density at radius 1 is 1.10 bits per heavy atom. The summed E-state index contributed by atoms with van der Waals surface area (Å²) in [4.78, 5) is 11.0. The lowest BCUT2D eigenvalue weighted by Crippen LogP contribution is -2.24. The SMILES string of the molecule is COC(=O)Oc1ccc(CN(C)Nc2ccccc2)cc1. The van der Waals surface area contributed by atoms with Crippen LogP contribution < -0.4 is 10.2 Å². The number of rotatable bonds is 5. The number of hydrogen-bond acceptors (Lipinski definition) is 5. The zero-order valence-electron chi connectivity index (χ0n) is 12.1. The monoisotopic (exact) mass is 286 g/mol. The number of carbonyl (C=O) groups excluding carboxylic acids is 1. The number of ether oxygens (including phenoxy) is 2. The summed E-state index contributed by atoms with van der Waals surface area (Å²) in [7, 11) is 3.24. The topological polar surface area (TPSA) is 50.8 Å². The third kappa shape index (κ3) is 4.81. The molecule has 5 nitrogen and oxygen atoms in total. The molecule has 0 aliphatic carbocycles. The number of carbonyl (C=O) groups is 1. The number of para-hydroxylation sites is 1. The molecule has 0 aliphatic heterocycles. The van der Waals surface area contributed by atoms with Crippen molar-refractivity contribution in [3.8, 4) is 5.75 Å². The second-order valence-corrected chi connectivity index (χ2v) is 4.53. The van der Waals surface area contributed by atoms with Crippen molar-refractivity contribution in [2.24, 2.45) is 0 Å². The van der Waals surface area contributed by atoms with Gasteiger partial charge in [-0.25, -0.2) is 9.80 Å². The van der Waals surface area contributed by atoms with Crippen molar-refractivity contribution in [2.45, 2.75) is 6.54 Å². The maximum Gasteiger partial charge on any atom is 0.513 e. The molecule has 0 saturated heterocycles. The third-order valence-corrected chi connectivity index (χ3v) is 2.80. The molecule has 0 atom stereocenters. The van der Waals surface area contributed by atoms with E-state index in [4.69, 9.17) is 4.74 Å². The zero-order chi connectivity index (χ0) is 15.1. The number of anilines is 1. The third-order valence-electron chi connectivity index (χ3n) is 2.80. The van der Waals surface area contributed by atoms with E-state index in [0.717, 1.165) is 11.3 Å². The Labute approximate surface area is 124 Å². The lowest BCUT2D eigenvalue weighted by Gasteiger charge is -2.19. The first-order valence-electron chi connectivity index (χ1n) is 6.55. The van der Waals surface area contributed by atoms with Gasteiger partial charge in [-0.2, -0.15) is 0 Å². The number of hydrogen-bond donors (Lipinski definition) is 1. The molecule has 1 N–H and O–H groups in total. The minimum Gasteiger partial charge on any atom is -0.437 e. The summed E-state index contributed by atoms with van der Waals surface area (Å²) in [5.41, 5.74) is 5.40. The van der Waals surface area contributed by atoms with Crippen molar-refractivity contribution in [2.75, 3.05) is 19.6 Å². The molecule has 5 heteroatoms. The molecule has 0 bridgehead atoms. The van der Waals surface area contributed by atoms with Gasteiger partial charge in [-0.05, 0) is 29.8 Å². The van der Waals surface area contributed by atoms with Gasteiger partial charge in [-0.3, -0.25) is 0 Å². The fourth-order valence-corrected chi connectivity index (χ4v) is 1.85. The van der Waals surface area contributed by atoms with Gasteiger partial charge in [-0.1, -0.05) is 30.3 Å². The molecule has 0 fully saturated rings. The smallest absolute Gasteiger partial charge is 0.437 e. The van der Waals surface area contributed by atoms with Crippen molar-refractivity contribution >= 4 is 11.8 Å². The molecule has 0 spiro atoms. The summed E-state index contributed by atoms with van der Waals surface area (Å²) in [5, 5.41) is 1.98. The highest BCUT2D eigenvalue weighted by atomic mass is 16.7. The van der Waals surface area contributed by atoms with Gasteiger partial charge in [0, 0.05) is 19.3 Å². The molecule has 0 unspecified atom stereocenters. The fourth-order valence-electron chi connectivity index (χ4n) is 1.85. The molecule has 0 radical (unpaired) electrons. The summed E-state index contributed by atoms with van der Waals surface area (Å²) in [5.74, 6) is 0.462. The average Bonchev–Trinajstić information content (AvgIpc) is 2.50. The number of nitrogens with one attached hydrogen (secondary N) is 1. The molecule has 21 heavy (non-hydrogen) atoms. The highest BCUT2D eigenvalue weighted by molar-refractivity contribution is 5.63. The number of nitrogens with zero attached hydrogens (tertiary/aromatic N) is 1. The minimum absolute atomic E-state index is 0.462. The van der Waals surface area contributed by atoms with Crippen molar-refractivity contribution in [3.63, 3.8) is 0 Å². The molecule has 0 saturated carbocycles. The first kappa shape index (κ1) is 14.9. The molecule has 0 heterocycles. The largest absolute Gasteiger partial charge is 0.513 e. The van der Waals surface area contributed by atoms with E-state index >= 15 is 0 Å². The van der Waals surface area contributed by atoms with E-state index < -0.39 is 6.16 Å². The van der Waals surface area contributed by atoms with Crippen LogP contribution in [-0.2, 0) is 11.3 Å². The van der Waals surface area contributed by atoms with Gasteiger partial charge in [0.25, 0.3) is 0 Å². The highest BCUT2D eigenvalue weighted by Crippen LogP contribution is 2.14. The Morgan fingerprint density at radius 3 is 2.38 bits per heavy atom. The van der Waals surface area contributed by atoms with Gasteiger partial charge in [0.15, 0.2) is 0 Å². The van der Waals surface area contributed by atoms with E-state index in [0.29, 0.717) is 12.3 Å². The van der Waals surface area contributed by atoms with E-state index in [9.17, 15) is 4.79 Å². The Balaban J connectivity index is 1.89. The lowest BCUT2D eigenvalue weighted by atomic mass is 10.2. The van der Waals surface area contributed by atoms with Gasteiger partial charge in [0.05, 0.1) is 7.11 Å². The fraction of sp³-hybridized carbons (Fsp3) is 0.188. The first-order valence-corrected chi connectivity index (χ1v) is 6.55. The van der Waals surface area contributed by atoms with Gasteiger partial charge in [-0.15, -0.1) is 0 Å². The molecule has 2 rings (SSSR count). The number of hydrazine groups is 1. The second kappa shape index (κ2) is 7.31. The predicted molar refractivity (Wildman–Crippen MR) is 81.0 cm³/mol. The van der Waals surface area contributed by atoms with Crippen LogP contribution in [-0.4, -0.2) is 25.3 Å². The molecular weight excluding hydrogens is 268 g/mol. The molecular formula is C16H18N2O3. The first-order chi connectivity index (χ1) is 10.2. The maximum absolute atomic E-state index is 11.0. The summed E-state index contributed by atoms with van der Waals surface area (Å²) < 4.78 is 9.36. The van der Waals surface area contributed by atoms with Crippen LogP contribution >= 0.6 is 0 Å². The van der Waals surface area contributed by atoms with Gasteiger partial charge >= 0.3 is 6.16 Å². The Kier molecular flexibility index (Phi) is 5.17. The van der Waals surface area contributed by atoms with E-state index in [1.807, 2.05) is 54.5 Å². The van der Waals surface area contributed by atoms with Crippen molar-refractivity contribution in [3.05, 3.63) is 60.2 Å². The zero-order valence-corrected chi connectivity index (χ0v) is 12.1. The molecule has 0 aliphatic rings. The number of benzene rings is 2. The van der Waals surface area contributed by atoms with Crippen LogP contribution in [0.1, 0.15) is 5.56 Å². The number of methoxy groups -OCH3 is 1. The summed E-state index contributed by atoms with van der Waals surface area (Å²) in [6.45, 7) is 0.716. The van der Waals surface area contributed by atoms with Gasteiger partial charge in [0.1, 0.15) is 5.75 Å². The van der Waals surface area contributed by atoms with Crippen molar-refractivity contribution in [1.29, 1.82) is 0 Å². The van der Waals surface area contributed by atoms with E-state index in [1.54, 1.807) is 12.1 Å². The lowest BCUT2D eigenvalue weighted by molar-refractivity contribution is 0.121. The van der Waals surface area contributed by atoms with E-state index in [1.165, 1.54) is 7.11 Å². The van der Waals surface area contributed by atoms with Crippen LogP contribution in [0.4, 0.5) is 10.5 Å².